The lowest BCUT2D eigenvalue weighted by Crippen LogP contribution is -2.60. The Hall–Kier alpha value is -0.610. The van der Waals surface area contributed by atoms with Crippen LogP contribution in [0.25, 0.3) is 0 Å². The van der Waals surface area contributed by atoms with E-state index in [0.717, 1.165) is 26.1 Å². The van der Waals surface area contributed by atoms with E-state index < -0.39 is 0 Å². The molecular weight excluding hydrogens is 190 g/mol. The maximum absolute atomic E-state index is 11.4. The zero-order valence-corrected chi connectivity index (χ0v) is 10.3. The Balaban J connectivity index is 2.32. The number of hydrogen-bond acceptors (Lipinski definition) is 3. The lowest BCUT2D eigenvalue weighted by molar-refractivity contribution is -0.127. The van der Waals surface area contributed by atoms with Gasteiger partial charge >= 0.3 is 0 Å². The van der Waals surface area contributed by atoms with Gasteiger partial charge in [0.1, 0.15) is 0 Å². The maximum atomic E-state index is 11.4. The number of hydrogen-bond donors (Lipinski definition) is 1. The number of carbonyl (C=O) groups is 1. The van der Waals surface area contributed by atoms with Crippen LogP contribution in [0.4, 0.5) is 0 Å². The number of amides is 1. The van der Waals surface area contributed by atoms with Crippen LogP contribution in [0.1, 0.15) is 20.3 Å². The number of piperazine rings is 1. The highest BCUT2D eigenvalue weighted by atomic mass is 16.2. The quantitative estimate of drug-likeness (QED) is 0.722. The fourth-order valence-electron chi connectivity index (χ4n) is 2.04. The average molecular weight is 213 g/mol. The minimum Gasteiger partial charge on any atom is -0.349 e. The monoisotopic (exact) mass is 213 g/mol. The summed E-state index contributed by atoms with van der Waals surface area (Å²) in [4.78, 5) is 15.8. The van der Waals surface area contributed by atoms with Gasteiger partial charge in [0, 0.05) is 12.1 Å². The summed E-state index contributed by atoms with van der Waals surface area (Å²) < 4.78 is 0. The largest absolute Gasteiger partial charge is 0.349 e. The third-order valence-electron chi connectivity index (χ3n) is 2.54. The summed E-state index contributed by atoms with van der Waals surface area (Å²) in [6.45, 7) is 7.74. The summed E-state index contributed by atoms with van der Waals surface area (Å²) in [6, 6.07) is 0. The van der Waals surface area contributed by atoms with Crippen LogP contribution in [0.5, 0.6) is 0 Å². The molecule has 0 radical (unpaired) electrons. The van der Waals surface area contributed by atoms with E-state index in [-0.39, 0.29) is 11.4 Å². The first-order valence-electron chi connectivity index (χ1n) is 5.57. The highest BCUT2D eigenvalue weighted by Gasteiger charge is 2.29. The summed E-state index contributed by atoms with van der Waals surface area (Å²) in [6.07, 6.45) is 1.12. The van der Waals surface area contributed by atoms with E-state index in [1.54, 1.807) is 0 Å². The SMILES string of the molecule is CN(C)CCCN1CC(=O)NC(C)(C)C1. The summed E-state index contributed by atoms with van der Waals surface area (Å²) in [5, 5.41) is 2.99. The first kappa shape index (κ1) is 12.5. The molecule has 1 aliphatic heterocycles. The lowest BCUT2D eigenvalue weighted by atomic mass is 10.0. The molecule has 1 aliphatic rings. The first-order chi connectivity index (χ1) is 6.89. The molecule has 1 saturated heterocycles. The second-order valence-electron chi connectivity index (χ2n) is 5.30. The van der Waals surface area contributed by atoms with Gasteiger partial charge in [0.25, 0.3) is 0 Å². The van der Waals surface area contributed by atoms with Crippen molar-refractivity contribution in [3.63, 3.8) is 0 Å². The number of nitrogens with one attached hydrogen (secondary N) is 1. The zero-order valence-electron chi connectivity index (χ0n) is 10.3. The molecule has 1 fully saturated rings. The van der Waals surface area contributed by atoms with E-state index in [2.05, 4.69) is 43.1 Å². The van der Waals surface area contributed by atoms with Crippen molar-refractivity contribution in [2.45, 2.75) is 25.8 Å². The van der Waals surface area contributed by atoms with Crippen LogP contribution in [-0.2, 0) is 4.79 Å². The van der Waals surface area contributed by atoms with Crippen molar-refractivity contribution < 1.29 is 4.79 Å². The second-order valence-corrected chi connectivity index (χ2v) is 5.30. The third kappa shape index (κ3) is 4.62. The van der Waals surface area contributed by atoms with Crippen molar-refractivity contribution in [2.24, 2.45) is 0 Å². The molecule has 0 aromatic carbocycles. The molecule has 0 saturated carbocycles. The molecular formula is C11H23N3O. The topological polar surface area (TPSA) is 35.6 Å². The second kappa shape index (κ2) is 4.94. The number of carbonyl (C=O) groups excluding carboxylic acids is 1. The summed E-state index contributed by atoms with van der Waals surface area (Å²) in [7, 11) is 4.15. The van der Waals surface area contributed by atoms with E-state index in [0.29, 0.717) is 6.54 Å². The molecule has 4 nitrogen and oxygen atoms in total. The summed E-state index contributed by atoms with van der Waals surface area (Å²) >= 11 is 0. The minimum absolute atomic E-state index is 0.0759. The highest BCUT2D eigenvalue weighted by molar-refractivity contribution is 5.79. The van der Waals surface area contributed by atoms with Gasteiger partial charge in [-0.1, -0.05) is 0 Å². The van der Waals surface area contributed by atoms with Crippen molar-refractivity contribution in [2.75, 3.05) is 40.3 Å². The van der Waals surface area contributed by atoms with E-state index in [1.165, 1.54) is 0 Å². The van der Waals surface area contributed by atoms with Crippen LogP contribution in [0, 0.1) is 0 Å². The average Bonchev–Trinajstić information content (AvgIpc) is 1.98. The molecule has 15 heavy (non-hydrogen) atoms. The van der Waals surface area contributed by atoms with Crippen molar-refractivity contribution >= 4 is 5.91 Å². The molecule has 0 atom stereocenters. The van der Waals surface area contributed by atoms with Crippen LogP contribution in [0.2, 0.25) is 0 Å². The lowest BCUT2D eigenvalue weighted by Gasteiger charge is -2.38. The van der Waals surface area contributed by atoms with E-state index in [9.17, 15) is 4.79 Å². The van der Waals surface area contributed by atoms with Crippen LogP contribution < -0.4 is 5.32 Å². The van der Waals surface area contributed by atoms with Gasteiger partial charge in [0.05, 0.1) is 6.54 Å². The van der Waals surface area contributed by atoms with E-state index in [1.807, 2.05) is 0 Å². The molecule has 4 heteroatoms. The molecule has 1 heterocycles. The van der Waals surface area contributed by atoms with Crippen molar-refractivity contribution in [1.29, 1.82) is 0 Å². The molecule has 1 amide bonds. The predicted molar refractivity (Wildman–Crippen MR) is 61.8 cm³/mol. The molecule has 0 bridgehead atoms. The number of nitrogens with zero attached hydrogens (tertiary/aromatic N) is 2. The van der Waals surface area contributed by atoms with Gasteiger partial charge in [0.2, 0.25) is 5.91 Å². The Labute approximate surface area is 92.6 Å². The standard InChI is InChI=1S/C11H23N3O/c1-11(2)9-14(8-10(15)12-11)7-5-6-13(3)4/h5-9H2,1-4H3,(H,12,15). The fraction of sp³-hybridized carbons (Fsp3) is 0.909. The van der Waals surface area contributed by atoms with Crippen LogP contribution >= 0.6 is 0 Å². The van der Waals surface area contributed by atoms with Gasteiger partial charge in [-0.05, 0) is 47.5 Å². The van der Waals surface area contributed by atoms with E-state index >= 15 is 0 Å². The van der Waals surface area contributed by atoms with Gasteiger partial charge in [-0.25, -0.2) is 0 Å². The molecule has 0 unspecified atom stereocenters. The number of rotatable bonds is 4. The predicted octanol–water partition coefficient (Wildman–Crippen LogP) is 0.149. The Morgan fingerprint density at radius 1 is 1.47 bits per heavy atom. The first-order valence-corrected chi connectivity index (χ1v) is 5.57. The minimum atomic E-state index is -0.0759. The Kier molecular flexibility index (Phi) is 4.11. The Bertz CT molecular complexity index is 226. The smallest absolute Gasteiger partial charge is 0.234 e. The van der Waals surface area contributed by atoms with Gasteiger partial charge in [0.15, 0.2) is 0 Å². The maximum Gasteiger partial charge on any atom is 0.234 e. The van der Waals surface area contributed by atoms with Crippen molar-refractivity contribution in [3.8, 4) is 0 Å². The van der Waals surface area contributed by atoms with Gasteiger partial charge < -0.3 is 10.2 Å². The Morgan fingerprint density at radius 3 is 2.67 bits per heavy atom. The molecule has 0 aromatic rings. The normalized spacial score (nSPS) is 21.8. The Morgan fingerprint density at radius 2 is 2.13 bits per heavy atom. The van der Waals surface area contributed by atoms with Gasteiger partial charge in [-0.2, -0.15) is 0 Å². The van der Waals surface area contributed by atoms with Crippen LogP contribution in [0.3, 0.4) is 0 Å². The van der Waals surface area contributed by atoms with Crippen LogP contribution in [-0.4, -0.2) is 61.5 Å². The fourth-order valence-corrected chi connectivity index (χ4v) is 2.04. The van der Waals surface area contributed by atoms with Crippen LogP contribution in [0.15, 0.2) is 0 Å². The molecule has 0 aromatic heterocycles. The summed E-state index contributed by atoms with van der Waals surface area (Å²) in [5.74, 6) is 0.149. The van der Waals surface area contributed by atoms with Crippen molar-refractivity contribution in [3.05, 3.63) is 0 Å². The third-order valence-corrected chi connectivity index (χ3v) is 2.54. The van der Waals surface area contributed by atoms with Crippen molar-refractivity contribution in [1.82, 2.24) is 15.1 Å². The molecule has 1 rings (SSSR count). The highest BCUT2D eigenvalue weighted by Crippen LogP contribution is 2.10. The zero-order chi connectivity index (χ0) is 11.5. The molecule has 1 N–H and O–H groups in total. The summed E-state index contributed by atoms with van der Waals surface area (Å²) in [5.41, 5.74) is -0.0759. The van der Waals surface area contributed by atoms with E-state index in [4.69, 9.17) is 0 Å². The van der Waals surface area contributed by atoms with Gasteiger partial charge in [-0.3, -0.25) is 9.69 Å². The molecule has 0 aliphatic carbocycles. The molecule has 0 spiro atoms. The van der Waals surface area contributed by atoms with Gasteiger partial charge in [-0.15, -0.1) is 0 Å². The molecule has 88 valence electrons.